The molecule has 0 saturated carbocycles. The van der Waals surface area contributed by atoms with E-state index in [2.05, 4.69) is 19.2 Å². The Balaban J connectivity index is 2.26. The average Bonchev–Trinajstić information content (AvgIpc) is 2.44. The highest BCUT2D eigenvalue weighted by atomic mass is 35.5. The first-order valence-corrected chi connectivity index (χ1v) is 7.74. The quantitative estimate of drug-likeness (QED) is 0.648. The van der Waals surface area contributed by atoms with E-state index in [4.69, 9.17) is 21.1 Å². The third kappa shape index (κ3) is 7.55. The number of hydrogen-bond donors (Lipinski definition) is 2. The van der Waals surface area contributed by atoms with Crippen LogP contribution in [0.15, 0.2) is 18.2 Å². The Hall–Kier alpha value is -0.970. The standard InChI is InChI=1S/C16H26ClNO3/c1-12(2)5-4-8-21-11-14(19)10-18-15-9-13(17)6-7-16(15)20-3/h6-7,9,12,14,18-19H,4-5,8,10-11H2,1-3H3. The Morgan fingerprint density at radius 2 is 2.10 bits per heavy atom. The second-order valence-corrected chi connectivity index (χ2v) is 5.93. The van der Waals surface area contributed by atoms with Gasteiger partial charge in [-0.2, -0.15) is 0 Å². The number of rotatable bonds is 10. The fraction of sp³-hybridized carbons (Fsp3) is 0.625. The van der Waals surface area contributed by atoms with Gasteiger partial charge in [-0.15, -0.1) is 0 Å². The molecule has 21 heavy (non-hydrogen) atoms. The monoisotopic (exact) mass is 315 g/mol. The van der Waals surface area contributed by atoms with Crippen molar-refractivity contribution in [3.05, 3.63) is 23.2 Å². The molecule has 1 unspecified atom stereocenters. The van der Waals surface area contributed by atoms with Crippen molar-refractivity contribution < 1.29 is 14.6 Å². The average molecular weight is 316 g/mol. The van der Waals surface area contributed by atoms with Gasteiger partial charge >= 0.3 is 0 Å². The van der Waals surface area contributed by atoms with Crippen molar-refractivity contribution >= 4 is 17.3 Å². The lowest BCUT2D eigenvalue weighted by Crippen LogP contribution is -2.25. The van der Waals surface area contributed by atoms with Crippen LogP contribution in [0.4, 0.5) is 5.69 Å². The predicted molar refractivity (Wildman–Crippen MR) is 87.4 cm³/mol. The Labute approximate surface area is 132 Å². The first kappa shape index (κ1) is 18.1. The lowest BCUT2D eigenvalue weighted by molar-refractivity contribution is 0.0409. The normalized spacial score (nSPS) is 12.5. The number of aliphatic hydroxyl groups is 1. The summed E-state index contributed by atoms with van der Waals surface area (Å²) >= 11 is 5.95. The predicted octanol–water partition coefficient (Wildman–Crippen LogP) is 3.57. The van der Waals surface area contributed by atoms with Crippen LogP contribution in [-0.2, 0) is 4.74 Å². The SMILES string of the molecule is COc1ccc(Cl)cc1NCC(O)COCCCC(C)C. The van der Waals surface area contributed by atoms with Gasteiger partial charge in [-0.1, -0.05) is 25.4 Å². The molecule has 1 atom stereocenters. The number of benzene rings is 1. The minimum atomic E-state index is -0.562. The molecule has 0 spiro atoms. The summed E-state index contributed by atoms with van der Waals surface area (Å²) in [5.41, 5.74) is 0.767. The lowest BCUT2D eigenvalue weighted by Gasteiger charge is -2.15. The molecule has 1 aromatic rings. The first-order valence-electron chi connectivity index (χ1n) is 7.36. The molecule has 5 heteroatoms. The number of aliphatic hydroxyl groups excluding tert-OH is 1. The van der Waals surface area contributed by atoms with Gasteiger partial charge in [-0.05, 0) is 37.0 Å². The van der Waals surface area contributed by atoms with Crippen molar-refractivity contribution in [2.24, 2.45) is 5.92 Å². The highest BCUT2D eigenvalue weighted by Crippen LogP contribution is 2.27. The van der Waals surface area contributed by atoms with Crippen LogP contribution in [-0.4, -0.2) is 38.1 Å². The molecule has 2 N–H and O–H groups in total. The van der Waals surface area contributed by atoms with Crippen molar-refractivity contribution in [3.8, 4) is 5.75 Å². The molecule has 1 rings (SSSR count). The smallest absolute Gasteiger partial charge is 0.142 e. The molecular weight excluding hydrogens is 290 g/mol. The molecule has 0 bridgehead atoms. The Morgan fingerprint density at radius 3 is 2.76 bits per heavy atom. The second-order valence-electron chi connectivity index (χ2n) is 5.49. The number of hydrogen-bond acceptors (Lipinski definition) is 4. The summed E-state index contributed by atoms with van der Waals surface area (Å²) in [6.45, 7) is 5.79. The van der Waals surface area contributed by atoms with Crippen LogP contribution in [0.3, 0.4) is 0 Å². The Kier molecular flexibility index (Phi) is 8.50. The third-order valence-corrected chi connectivity index (χ3v) is 3.31. The molecule has 0 aliphatic rings. The third-order valence-electron chi connectivity index (χ3n) is 3.07. The first-order chi connectivity index (χ1) is 10.0. The largest absolute Gasteiger partial charge is 0.495 e. The summed E-state index contributed by atoms with van der Waals surface area (Å²) in [6, 6.07) is 5.33. The lowest BCUT2D eigenvalue weighted by atomic mass is 10.1. The van der Waals surface area contributed by atoms with Crippen LogP contribution >= 0.6 is 11.6 Å². The molecule has 0 aliphatic carbocycles. The molecular formula is C16H26ClNO3. The molecule has 0 aliphatic heterocycles. The van der Waals surface area contributed by atoms with Crippen LogP contribution in [0, 0.1) is 5.92 Å². The topological polar surface area (TPSA) is 50.7 Å². The van der Waals surface area contributed by atoms with E-state index >= 15 is 0 Å². The van der Waals surface area contributed by atoms with Crippen LogP contribution < -0.4 is 10.1 Å². The molecule has 0 heterocycles. The zero-order valence-electron chi connectivity index (χ0n) is 13.1. The van der Waals surface area contributed by atoms with Gasteiger partial charge in [0.25, 0.3) is 0 Å². The molecule has 1 aromatic carbocycles. The van der Waals surface area contributed by atoms with Gasteiger partial charge in [0.1, 0.15) is 5.75 Å². The Bertz CT molecular complexity index is 413. The van der Waals surface area contributed by atoms with E-state index in [1.807, 2.05) is 0 Å². The fourth-order valence-corrected chi connectivity index (χ4v) is 2.09. The molecule has 0 fully saturated rings. The van der Waals surface area contributed by atoms with Crippen LogP contribution in [0.25, 0.3) is 0 Å². The number of anilines is 1. The number of ether oxygens (including phenoxy) is 2. The maximum atomic E-state index is 9.89. The number of methoxy groups -OCH3 is 1. The van der Waals surface area contributed by atoms with E-state index in [9.17, 15) is 5.11 Å². The summed E-state index contributed by atoms with van der Waals surface area (Å²) in [5.74, 6) is 1.39. The van der Waals surface area contributed by atoms with Crippen LogP contribution in [0.5, 0.6) is 5.75 Å². The van der Waals surface area contributed by atoms with Gasteiger partial charge in [0.15, 0.2) is 0 Å². The van der Waals surface area contributed by atoms with Gasteiger partial charge in [0.2, 0.25) is 0 Å². The molecule has 0 aromatic heterocycles. The van der Waals surface area contributed by atoms with E-state index < -0.39 is 6.10 Å². The number of nitrogens with one attached hydrogen (secondary N) is 1. The number of halogens is 1. The van der Waals surface area contributed by atoms with E-state index in [1.54, 1.807) is 25.3 Å². The molecule has 120 valence electrons. The maximum Gasteiger partial charge on any atom is 0.142 e. The van der Waals surface area contributed by atoms with Crippen molar-refractivity contribution in [2.75, 3.05) is 32.2 Å². The molecule has 0 saturated heterocycles. The minimum absolute atomic E-state index is 0.327. The summed E-state index contributed by atoms with van der Waals surface area (Å²) in [6.07, 6.45) is 1.61. The van der Waals surface area contributed by atoms with Crippen molar-refractivity contribution in [3.63, 3.8) is 0 Å². The van der Waals surface area contributed by atoms with Gasteiger partial charge in [-0.3, -0.25) is 0 Å². The van der Waals surface area contributed by atoms with E-state index in [-0.39, 0.29) is 0 Å². The fourth-order valence-electron chi connectivity index (χ4n) is 1.92. The molecule has 0 amide bonds. The highest BCUT2D eigenvalue weighted by Gasteiger charge is 2.08. The summed E-state index contributed by atoms with van der Waals surface area (Å²) < 4.78 is 10.7. The summed E-state index contributed by atoms with van der Waals surface area (Å²) in [5, 5.41) is 13.6. The van der Waals surface area contributed by atoms with Gasteiger partial charge in [0, 0.05) is 18.2 Å². The highest BCUT2D eigenvalue weighted by molar-refractivity contribution is 6.30. The molecule has 0 radical (unpaired) electrons. The second kappa shape index (κ2) is 9.87. The minimum Gasteiger partial charge on any atom is -0.495 e. The Morgan fingerprint density at radius 1 is 1.33 bits per heavy atom. The van der Waals surface area contributed by atoms with Crippen LogP contribution in [0.1, 0.15) is 26.7 Å². The zero-order valence-corrected chi connectivity index (χ0v) is 13.8. The van der Waals surface area contributed by atoms with Crippen molar-refractivity contribution in [2.45, 2.75) is 32.8 Å². The molecule has 4 nitrogen and oxygen atoms in total. The maximum absolute atomic E-state index is 9.89. The van der Waals surface area contributed by atoms with Gasteiger partial charge in [-0.25, -0.2) is 0 Å². The van der Waals surface area contributed by atoms with Crippen molar-refractivity contribution in [1.82, 2.24) is 0 Å². The van der Waals surface area contributed by atoms with Crippen molar-refractivity contribution in [1.29, 1.82) is 0 Å². The van der Waals surface area contributed by atoms with Crippen LogP contribution in [0.2, 0.25) is 5.02 Å². The van der Waals surface area contributed by atoms with E-state index in [0.29, 0.717) is 36.4 Å². The van der Waals surface area contributed by atoms with Gasteiger partial charge in [0.05, 0.1) is 25.5 Å². The van der Waals surface area contributed by atoms with Gasteiger partial charge < -0.3 is 19.9 Å². The zero-order chi connectivity index (χ0) is 15.7. The summed E-state index contributed by atoms with van der Waals surface area (Å²) in [4.78, 5) is 0. The summed E-state index contributed by atoms with van der Waals surface area (Å²) in [7, 11) is 1.60. The van der Waals surface area contributed by atoms with E-state index in [0.717, 1.165) is 18.5 Å². The van der Waals surface area contributed by atoms with E-state index in [1.165, 1.54) is 0 Å².